The Hall–Kier alpha value is -2.01. The molecule has 2 N–H and O–H groups in total. The van der Waals surface area contributed by atoms with E-state index in [0.717, 1.165) is 24.9 Å². The predicted molar refractivity (Wildman–Crippen MR) is 81.1 cm³/mol. The first-order valence-electron chi connectivity index (χ1n) is 7.14. The quantitative estimate of drug-likeness (QED) is 0.851. The van der Waals surface area contributed by atoms with Crippen molar-refractivity contribution in [2.75, 3.05) is 13.1 Å². The number of pyridine rings is 1. The van der Waals surface area contributed by atoms with Crippen molar-refractivity contribution in [2.45, 2.75) is 26.3 Å². The third kappa shape index (κ3) is 3.98. The number of nitrogens with two attached hydrogens (primary N) is 1. The number of unbranched alkanes of at least 4 members (excludes halogenated alkanes) is 1. The minimum absolute atomic E-state index is 0.200. The molecule has 2 rings (SSSR count). The van der Waals surface area contributed by atoms with Gasteiger partial charge in [0.15, 0.2) is 0 Å². The van der Waals surface area contributed by atoms with Crippen molar-refractivity contribution < 1.29 is 9.18 Å². The number of fused-ring (bicyclic) bond motifs is 1. The molecule has 0 atom stereocenters. The molecular formula is C16H20FN3O. The Kier molecular flexibility index (Phi) is 5.22. The van der Waals surface area contributed by atoms with E-state index in [4.69, 9.17) is 5.73 Å². The summed E-state index contributed by atoms with van der Waals surface area (Å²) in [5, 5.41) is 0.504. The molecule has 2 aromatic rings. The van der Waals surface area contributed by atoms with E-state index in [1.807, 2.05) is 4.90 Å². The number of carbonyl (C=O) groups is 1. The smallest absolute Gasteiger partial charge is 0.231 e. The fraction of sp³-hybridized carbons (Fsp3) is 0.375. The second-order valence-corrected chi connectivity index (χ2v) is 5.14. The lowest BCUT2D eigenvalue weighted by Gasteiger charge is -2.21. The SMILES string of the molecule is CCCCN(CC(N)=O)Cc1ccc(F)c2cccnc12. The summed E-state index contributed by atoms with van der Waals surface area (Å²) in [6.07, 6.45) is 3.67. The van der Waals surface area contributed by atoms with Gasteiger partial charge in [-0.1, -0.05) is 19.4 Å². The zero-order valence-electron chi connectivity index (χ0n) is 12.2. The van der Waals surface area contributed by atoms with E-state index in [1.165, 1.54) is 6.07 Å². The fourth-order valence-corrected chi connectivity index (χ4v) is 2.38. The van der Waals surface area contributed by atoms with Crippen LogP contribution in [-0.4, -0.2) is 28.9 Å². The fourth-order valence-electron chi connectivity index (χ4n) is 2.38. The monoisotopic (exact) mass is 289 g/mol. The summed E-state index contributed by atoms with van der Waals surface area (Å²) < 4.78 is 13.8. The molecule has 112 valence electrons. The molecule has 0 saturated carbocycles. The molecule has 21 heavy (non-hydrogen) atoms. The molecular weight excluding hydrogens is 269 g/mol. The molecule has 0 fully saturated rings. The van der Waals surface area contributed by atoms with Crippen LogP contribution in [0.3, 0.4) is 0 Å². The summed E-state index contributed by atoms with van der Waals surface area (Å²) in [6, 6.07) is 6.60. The lowest BCUT2D eigenvalue weighted by atomic mass is 10.1. The van der Waals surface area contributed by atoms with Gasteiger partial charge in [-0.2, -0.15) is 0 Å². The average Bonchev–Trinajstić information content (AvgIpc) is 2.47. The Morgan fingerprint density at radius 1 is 1.38 bits per heavy atom. The van der Waals surface area contributed by atoms with Crippen molar-refractivity contribution in [3.8, 4) is 0 Å². The van der Waals surface area contributed by atoms with Gasteiger partial charge in [0.05, 0.1) is 12.1 Å². The summed E-state index contributed by atoms with van der Waals surface area (Å²) in [5.74, 6) is -0.637. The highest BCUT2D eigenvalue weighted by atomic mass is 19.1. The molecule has 1 amide bonds. The van der Waals surface area contributed by atoms with E-state index in [-0.39, 0.29) is 18.3 Å². The van der Waals surface area contributed by atoms with Crippen LogP contribution in [0.5, 0.6) is 0 Å². The molecule has 0 spiro atoms. The van der Waals surface area contributed by atoms with Gasteiger partial charge in [-0.15, -0.1) is 0 Å². The zero-order valence-corrected chi connectivity index (χ0v) is 12.2. The van der Waals surface area contributed by atoms with Crippen LogP contribution in [0.1, 0.15) is 25.3 Å². The summed E-state index contributed by atoms with van der Waals surface area (Å²) in [5.41, 5.74) is 6.85. The Morgan fingerprint density at radius 3 is 2.90 bits per heavy atom. The van der Waals surface area contributed by atoms with Crippen molar-refractivity contribution in [3.05, 3.63) is 41.8 Å². The van der Waals surface area contributed by atoms with Gasteiger partial charge < -0.3 is 5.73 Å². The van der Waals surface area contributed by atoms with Crippen LogP contribution in [0.15, 0.2) is 30.5 Å². The number of amides is 1. The highest BCUT2D eigenvalue weighted by Crippen LogP contribution is 2.21. The number of benzene rings is 1. The van der Waals surface area contributed by atoms with Gasteiger partial charge in [0.25, 0.3) is 0 Å². The molecule has 0 radical (unpaired) electrons. The standard InChI is InChI=1S/C16H20FN3O/c1-2-3-9-20(11-15(18)21)10-12-6-7-14(17)13-5-4-8-19-16(12)13/h4-8H,2-3,9-11H2,1H3,(H2,18,21). The number of carbonyl (C=O) groups excluding carboxylic acids is 1. The van der Waals surface area contributed by atoms with Gasteiger partial charge in [-0.25, -0.2) is 4.39 Å². The lowest BCUT2D eigenvalue weighted by molar-refractivity contribution is -0.119. The normalized spacial score (nSPS) is 11.2. The highest BCUT2D eigenvalue weighted by Gasteiger charge is 2.12. The van der Waals surface area contributed by atoms with Gasteiger partial charge in [0.1, 0.15) is 5.82 Å². The maximum Gasteiger partial charge on any atom is 0.231 e. The minimum Gasteiger partial charge on any atom is -0.369 e. The van der Waals surface area contributed by atoms with Crippen LogP contribution in [0, 0.1) is 5.82 Å². The van der Waals surface area contributed by atoms with Crippen LogP contribution in [0.25, 0.3) is 10.9 Å². The first-order chi connectivity index (χ1) is 10.1. The largest absolute Gasteiger partial charge is 0.369 e. The van der Waals surface area contributed by atoms with Gasteiger partial charge in [0.2, 0.25) is 5.91 Å². The number of hydrogen-bond donors (Lipinski definition) is 1. The highest BCUT2D eigenvalue weighted by molar-refractivity contribution is 5.82. The van der Waals surface area contributed by atoms with E-state index in [9.17, 15) is 9.18 Å². The van der Waals surface area contributed by atoms with Crippen molar-refractivity contribution in [1.29, 1.82) is 0 Å². The van der Waals surface area contributed by atoms with Gasteiger partial charge in [0, 0.05) is 18.1 Å². The van der Waals surface area contributed by atoms with Crippen LogP contribution < -0.4 is 5.73 Å². The van der Waals surface area contributed by atoms with Crippen molar-refractivity contribution in [1.82, 2.24) is 9.88 Å². The summed E-state index contributed by atoms with van der Waals surface area (Å²) in [6.45, 7) is 3.62. The van der Waals surface area contributed by atoms with E-state index >= 15 is 0 Å². The molecule has 0 bridgehead atoms. The van der Waals surface area contributed by atoms with E-state index in [2.05, 4.69) is 11.9 Å². The third-order valence-corrected chi connectivity index (χ3v) is 3.40. The van der Waals surface area contributed by atoms with E-state index in [1.54, 1.807) is 24.4 Å². The van der Waals surface area contributed by atoms with Gasteiger partial charge in [-0.3, -0.25) is 14.7 Å². The number of hydrogen-bond acceptors (Lipinski definition) is 3. The predicted octanol–water partition coefficient (Wildman–Crippen LogP) is 2.46. The molecule has 1 heterocycles. The average molecular weight is 289 g/mol. The Bertz CT molecular complexity index is 630. The molecule has 1 aromatic heterocycles. The number of nitrogens with zero attached hydrogens (tertiary/aromatic N) is 2. The Balaban J connectivity index is 2.27. The first kappa shape index (κ1) is 15.4. The first-order valence-corrected chi connectivity index (χ1v) is 7.14. The molecule has 5 heteroatoms. The van der Waals surface area contributed by atoms with Gasteiger partial charge in [-0.05, 0) is 36.7 Å². The summed E-state index contributed by atoms with van der Waals surface area (Å²) in [7, 11) is 0. The minimum atomic E-state index is -0.356. The molecule has 0 aliphatic carbocycles. The van der Waals surface area contributed by atoms with Crippen molar-refractivity contribution in [3.63, 3.8) is 0 Å². The van der Waals surface area contributed by atoms with Crippen LogP contribution in [0.2, 0.25) is 0 Å². The van der Waals surface area contributed by atoms with Gasteiger partial charge >= 0.3 is 0 Å². The van der Waals surface area contributed by atoms with Crippen LogP contribution in [0.4, 0.5) is 4.39 Å². The van der Waals surface area contributed by atoms with Crippen LogP contribution in [-0.2, 0) is 11.3 Å². The van der Waals surface area contributed by atoms with E-state index in [0.29, 0.717) is 17.4 Å². The molecule has 0 saturated heterocycles. The van der Waals surface area contributed by atoms with E-state index < -0.39 is 0 Å². The third-order valence-electron chi connectivity index (χ3n) is 3.40. The number of aromatic nitrogens is 1. The molecule has 1 aromatic carbocycles. The second kappa shape index (κ2) is 7.13. The van der Waals surface area contributed by atoms with Crippen molar-refractivity contribution in [2.24, 2.45) is 5.73 Å². The van der Waals surface area contributed by atoms with Crippen molar-refractivity contribution >= 4 is 16.8 Å². The molecule has 4 nitrogen and oxygen atoms in total. The van der Waals surface area contributed by atoms with Crippen LogP contribution >= 0.6 is 0 Å². The molecule has 0 aliphatic rings. The second-order valence-electron chi connectivity index (χ2n) is 5.14. The topological polar surface area (TPSA) is 59.2 Å². The maximum absolute atomic E-state index is 13.8. The molecule has 0 unspecified atom stereocenters. The number of halogens is 1. The number of primary amides is 1. The summed E-state index contributed by atoms with van der Waals surface area (Å²) in [4.78, 5) is 17.4. The maximum atomic E-state index is 13.8. The Labute approximate surface area is 123 Å². The lowest BCUT2D eigenvalue weighted by Crippen LogP contribution is -2.34. The Morgan fingerprint density at radius 2 is 2.19 bits per heavy atom. The summed E-state index contributed by atoms with van der Waals surface area (Å²) >= 11 is 0. The molecule has 0 aliphatic heterocycles. The number of rotatable bonds is 7. The zero-order chi connectivity index (χ0) is 15.2.